The van der Waals surface area contributed by atoms with Gasteiger partial charge in [0.1, 0.15) is 0 Å². The maximum atomic E-state index is 10.3. The molecule has 0 amide bonds. The molecule has 0 saturated carbocycles. The summed E-state index contributed by atoms with van der Waals surface area (Å²) in [7, 11) is 1.01. The highest BCUT2D eigenvalue weighted by Crippen LogP contribution is 2.15. The Bertz CT molecular complexity index is 279. The molecule has 0 unspecified atom stereocenters. The number of hydrogen-bond acceptors (Lipinski definition) is 5. The molecule has 1 aromatic heterocycles. The fraction of sp³-hybridized carbons (Fsp3) is 0. The van der Waals surface area contributed by atoms with Crippen LogP contribution in [-0.2, 0) is 0 Å². The molecule has 1 rings (SSSR count). The minimum atomic E-state index is -1.06. The van der Waals surface area contributed by atoms with E-state index in [4.69, 9.17) is 5.11 Å². The number of hydrogen-bond donors (Lipinski definition) is 2. The zero-order valence-electron chi connectivity index (χ0n) is 5.26. The lowest BCUT2D eigenvalue weighted by Gasteiger charge is -1.93. The molecule has 0 fully saturated rings. The van der Waals surface area contributed by atoms with Crippen molar-refractivity contribution >= 4 is 28.4 Å². The van der Waals surface area contributed by atoms with Crippen LogP contribution in [0.4, 0.5) is 0 Å². The maximum Gasteiger partial charge on any atom is 0.354 e. The number of carbonyl (C=O) groups is 1. The Morgan fingerprint density at radius 3 is 3.00 bits per heavy atom. The summed E-state index contributed by atoms with van der Waals surface area (Å²) in [4.78, 5) is 17.8. The topological polar surface area (TPSA) is 63.1 Å². The van der Waals surface area contributed by atoms with Crippen LogP contribution >= 0.6 is 22.5 Å². The van der Waals surface area contributed by atoms with Crippen LogP contribution in [0, 0.1) is 0 Å². The largest absolute Gasteiger partial charge is 0.477 e. The van der Waals surface area contributed by atoms with Crippen molar-refractivity contribution in [3.63, 3.8) is 0 Å². The summed E-state index contributed by atoms with van der Waals surface area (Å²) in [6.07, 6.45) is 1.38. The molecule has 4 nitrogen and oxygen atoms in total. The minimum Gasteiger partial charge on any atom is -0.477 e. The molecule has 1 aromatic rings. The van der Waals surface area contributed by atoms with Gasteiger partial charge in [0.2, 0.25) is 0 Å². The van der Waals surface area contributed by atoms with E-state index in [-0.39, 0.29) is 5.69 Å². The van der Waals surface area contributed by atoms with E-state index in [1.165, 1.54) is 12.3 Å². The third kappa shape index (κ3) is 2.09. The summed E-state index contributed by atoms with van der Waals surface area (Å²) in [5.74, 6) is -1.06. The molecule has 1 N–H and O–H groups in total. The van der Waals surface area contributed by atoms with Gasteiger partial charge < -0.3 is 5.11 Å². The van der Waals surface area contributed by atoms with Crippen molar-refractivity contribution in [2.24, 2.45) is 0 Å². The molecule has 0 aliphatic carbocycles. The first kappa shape index (κ1) is 8.35. The zero-order valence-corrected chi connectivity index (χ0v) is 6.97. The van der Waals surface area contributed by atoms with Crippen molar-refractivity contribution in [3.8, 4) is 0 Å². The average molecular weight is 188 g/mol. The summed E-state index contributed by atoms with van der Waals surface area (Å²) in [6, 6.07) is 1.33. The lowest BCUT2D eigenvalue weighted by Crippen LogP contribution is -2.00. The van der Waals surface area contributed by atoms with Crippen molar-refractivity contribution in [1.82, 2.24) is 9.97 Å². The van der Waals surface area contributed by atoms with Gasteiger partial charge in [-0.2, -0.15) is 0 Å². The highest BCUT2D eigenvalue weighted by atomic mass is 33.1. The van der Waals surface area contributed by atoms with E-state index in [9.17, 15) is 4.79 Å². The molecule has 0 atom stereocenters. The molecule has 0 aromatic carbocycles. The normalized spacial score (nSPS) is 9.55. The average Bonchev–Trinajstić information content (AvgIpc) is 2.05. The molecule has 58 valence electrons. The Morgan fingerprint density at radius 1 is 1.73 bits per heavy atom. The van der Waals surface area contributed by atoms with E-state index >= 15 is 0 Å². The van der Waals surface area contributed by atoms with E-state index in [1.54, 1.807) is 0 Å². The molecule has 6 heteroatoms. The monoisotopic (exact) mass is 188 g/mol. The Kier molecular flexibility index (Phi) is 2.72. The van der Waals surface area contributed by atoms with Gasteiger partial charge in [0.15, 0.2) is 10.9 Å². The van der Waals surface area contributed by atoms with Gasteiger partial charge in [-0.05, 0) is 16.9 Å². The number of rotatable bonds is 2. The molecule has 0 bridgehead atoms. The zero-order chi connectivity index (χ0) is 8.27. The maximum absolute atomic E-state index is 10.3. The van der Waals surface area contributed by atoms with Gasteiger partial charge in [-0.3, -0.25) is 0 Å². The van der Waals surface area contributed by atoms with Gasteiger partial charge in [-0.25, -0.2) is 14.8 Å². The fourth-order valence-electron chi connectivity index (χ4n) is 0.504. The van der Waals surface area contributed by atoms with Crippen molar-refractivity contribution in [1.29, 1.82) is 0 Å². The third-order valence-electron chi connectivity index (χ3n) is 0.934. The third-order valence-corrected chi connectivity index (χ3v) is 1.78. The number of nitrogens with zero attached hydrogens (tertiary/aromatic N) is 2. The van der Waals surface area contributed by atoms with Gasteiger partial charge >= 0.3 is 5.97 Å². The highest BCUT2D eigenvalue weighted by molar-refractivity contribution is 8.68. The Balaban J connectivity index is 3.01. The van der Waals surface area contributed by atoms with Crippen LogP contribution in [0.5, 0.6) is 0 Å². The molecule has 0 aliphatic heterocycles. The van der Waals surface area contributed by atoms with Crippen LogP contribution in [0.2, 0.25) is 0 Å². The number of aromatic nitrogens is 2. The first-order valence-corrected chi connectivity index (χ1v) is 4.48. The molecule has 11 heavy (non-hydrogen) atoms. The van der Waals surface area contributed by atoms with Crippen LogP contribution in [0.3, 0.4) is 0 Å². The molecule has 0 aliphatic rings. The Labute approximate surface area is 71.9 Å². The second kappa shape index (κ2) is 3.59. The lowest BCUT2D eigenvalue weighted by molar-refractivity contribution is 0.0689. The summed E-state index contributed by atoms with van der Waals surface area (Å²) in [5, 5.41) is 8.82. The van der Waals surface area contributed by atoms with Crippen molar-refractivity contribution < 1.29 is 9.90 Å². The standard InChI is InChI=1S/C5H4N2O2S2/c8-4(9)3-1-2-6-5(7-3)11-10/h1-2,10H,(H,8,9). The van der Waals surface area contributed by atoms with E-state index in [1.807, 2.05) is 0 Å². The van der Waals surface area contributed by atoms with Gasteiger partial charge in [0, 0.05) is 6.20 Å². The molecular formula is C5H4N2O2S2. The first-order valence-electron chi connectivity index (χ1n) is 2.62. The molecule has 0 radical (unpaired) electrons. The predicted molar refractivity (Wildman–Crippen MR) is 43.8 cm³/mol. The summed E-state index contributed by atoms with van der Waals surface area (Å²) < 4.78 is 0. The van der Waals surface area contributed by atoms with Gasteiger partial charge in [-0.15, -0.1) is 11.7 Å². The molecule has 0 saturated heterocycles. The number of thiol groups is 1. The van der Waals surface area contributed by atoms with E-state index < -0.39 is 5.97 Å². The van der Waals surface area contributed by atoms with Crippen molar-refractivity contribution in [2.45, 2.75) is 5.16 Å². The predicted octanol–water partition coefficient (Wildman–Crippen LogP) is 1.11. The van der Waals surface area contributed by atoms with Crippen LogP contribution < -0.4 is 0 Å². The molecular weight excluding hydrogens is 184 g/mol. The van der Waals surface area contributed by atoms with Crippen molar-refractivity contribution in [3.05, 3.63) is 18.0 Å². The second-order valence-corrected chi connectivity index (χ2v) is 2.72. The molecule has 1 heterocycles. The van der Waals surface area contributed by atoms with Crippen LogP contribution in [0.25, 0.3) is 0 Å². The fourth-order valence-corrected chi connectivity index (χ4v) is 1.01. The quantitative estimate of drug-likeness (QED) is 0.413. The highest BCUT2D eigenvalue weighted by Gasteiger charge is 2.04. The summed E-state index contributed by atoms with van der Waals surface area (Å²) in [5.41, 5.74) is -0.0171. The minimum absolute atomic E-state index is 0.0171. The SMILES string of the molecule is O=C(O)c1ccnc(SS)n1. The first-order chi connectivity index (χ1) is 5.24. The Hall–Kier alpha value is -0.750. The van der Waals surface area contributed by atoms with E-state index in [0.717, 1.165) is 10.8 Å². The van der Waals surface area contributed by atoms with E-state index in [2.05, 4.69) is 21.6 Å². The molecule has 0 spiro atoms. The van der Waals surface area contributed by atoms with Gasteiger partial charge in [0.25, 0.3) is 0 Å². The lowest BCUT2D eigenvalue weighted by atomic mass is 10.4. The number of carboxylic acid groups (broad SMARTS) is 1. The van der Waals surface area contributed by atoms with Crippen LogP contribution in [0.1, 0.15) is 10.5 Å². The van der Waals surface area contributed by atoms with Crippen LogP contribution in [0.15, 0.2) is 17.4 Å². The Morgan fingerprint density at radius 2 is 2.45 bits per heavy atom. The van der Waals surface area contributed by atoms with Crippen molar-refractivity contribution in [2.75, 3.05) is 0 Å². The summed E-state index contributed by atoms with van der Waals surface area (Å²) >= 11 is 3.82. The van der Waals surface area contributed by atoms with E-state index in [0.29, 0.717) is 5.16 Å². The number of aromatic carboxylic acids is 1. The second-order valence-electron chi connectivity index (χ2n) is 1.62. The smallest absolute Gasteiger partial charge is 0.354 e. The van der Waals surface area contributed by atoms with Gasteiger partial charge in [0.05, 0.1) is 0 Å². The van der Waals surface area contributed by atoms with Crippen LogP contribution in [-0.4, -0.2) is 21.0 Å². The van der Waals surface area contributed by atoms with Gasteiger partial charge in [-0.1, -0.05) is 0 Å². The number of carboxylic acids is 1. The summed E-state index contributed by atoms with van der Waals surface area (Å²) in [6.45, 7) is 0.